The van der Waals surface area contributed by atoms with Crippen molar-refractivity contribution in [3.63, 3.8) is 0 Å². The minimum Gasteiger partial charge on any atom is -0.486 e. The van der Waals surface area contributed by atoms with Gasteiger partial charge in [-0.3, -0.25) is 19.4 Å². The molecule has 4 rings (SSSR count). The van der Waals surface area contributed by atoms with Crippen molar-refractivity contribution in [2.45, 2.75) is 50.7 Å². The van der Waals surface area contributed by atoms with Crippen LogP contribution in [0, 0.1) is 0 Å². The van der Waals surface area contributed by atoms with E-state index in [-0.39, 0.29) is 30.4 Å². The standard InChI is InChI=1S/C24H27N3O4/c1-17(23(30)26-14-9-18-7-12-25-13-8-18)27-15-11-24(10-6-22(27)29)16-20(28)19-4-2-3-5-21(19)31-24/h2-5,7-8,12-13,17H,6,9-11,14-16H2,1H3,(H,26,30)/t17-,24-/m1/s1. The molecule has 1 saturated heterocycles. The minimum absolute atomic E-state index is 0.0460. The summed E-state index contributed by atoms with van der Waals surface area (Å²) >= 11 is 0. The fourth-order valence-electron chi connectivity index (χ4n) is 4.35. The second-order valence-electron chi connectivity index (χ2n) is 8.29. The van der Waals surface area contributed by atoms with Crippen molar-refractivity contribution in [1.82, 2.24) is 15.2 Å². The van der Waals surface area contributed by atoms with Crippen LogP contribution in [0.2, 0.25) is 0 Å². The van der Waals surface area contributed by atoms with Crippen LogP contribution >= 0.6 is 0 Å². The highest BCUT2D eigenvalue weighted by Gasteiger charge is 2.44. The van der Waals surface area contributed by atoms with E-state index in [4.69, 9.17) is 4.74 Å². The fourth-order valence-corrected chi connectivity index (χ4v) is 4.35. The summed E-state index contributed by atoms with van der Waals surface area (Å²) in [6.45, 7) is 2.63. The minimum atomic E-state index is -0.687. The number of carbonyl (C=O) groups excluding carboxylic acids is 3. The number of fused-ring (bicyclic) bond motifs is 1. The lowest BCUT2D eigenvalue weighted by molar-refractivity contribution is -0.139. The summed E-state index contributed by atoms with van der Waals surface area (Å²) in [4.78, 5) is 43.7. The lowest BCUT2D eigenvalue weighted by Crippen LogP contribution is -2.49. The molecule has 2 aliphatic heterocycles. The van der Waals surface area contributed by atoms with Gasteiger partial charge in [0.1, 0.15) is 17.4 Å². The van der Waals surface area contributed by atoms with Crippen LogP contribution in [0.5, 0.6) is 5.75 Å². The van der Waals surface area contributed by atoms with Crippen LogP contribution in [0.1, 0.15) is 48.5 Å². The molecule has 31 heavy (non-hydrogen) atoms. The van der Waals surface area contributed by atoms with Crippen LogP contribution in [0.15, 0.2) is 48.8 Å². The molecule has 0 unspecified atom stereocenters. The first-order chi connectivity index (χ1) is 15.0. The molecule has 2 amide bonds. The molecule has 2 aromatic rings. The van der Waals surface area contributed by atoms with Gasteiger partial charge in [0.2, 0.25) is 11.8 Å². The summed E-state index contributed by atoms with van der Waals surface area (Å²) in [5.41, 5.74) is 1.01. The maximum absolute atomic E-state index is 12.8. The van der Waals surface area contributed by atoms with Gasteiger partial charge >= 0.3 is 0 Å². The first-order valence-corrected chi connectivity index (χ1v) is 10.7. The Kier molecular flexibility index (Phi) is 6.02. The Morgan fingerprint density at radius 2 is 1.97 bits per heavy atom. The van der Waals surface area contributed by atoms with Gasteiger partial charge in [0.25, 0.3) is 0 Å². The van der Waals surface area contributed by atoms with Crippen molar-refractivity contribution in [2.75, 3.05) is 13.1 Å². The molecule has 7 heteroatoms. The summed E-state index contributed by atoms with van der Waals surface area (Å²) < 4.78 is 6.26. The predicted octanol–water partition coefficient (Wildman–Crippen LogP) is 2.55. The van der Waals surface area contributed by atoms with Gasteiger partial charge in [-0.25, -0.2) is 0 Å². The summed E-state index contributed by atoms with van der Waals surface area (Å²) in [5.74, 6) is 0.374. The molecule has 2 atom stereocenters. The van der Waals surface area contributed by atoms with E-state index >= 15 is 0 Å². The zero-order valence-electron chi connectivity index (χ0n) is 17.7. The molecule has 0 saturated carbocycles. The van der Waals surface area contributed by atoms with Crippen LogP contribution in [0.25, 0.3) is 0 Å². The second-order valence-corrected chi connectivity index (χ2v) is 8.29. The van der Waals surface area contributed by atoms with Crippen molar-refractivity contribution in [3.8, 4) is 5.75 Å². The molecule has 1 aromatic carbocycles. The van der Waals surface area contributed by atoms with Crippen molar-refractivity contribution >= 4 is 17.6 Å². The number of rotatable bonds is 5. The Balaban J connectivity index is 1.37. The molecule has 1 spiro atoms. The second kappa shape index (κ2) is 8.88. The topological polar surface area (TPSA) is 88.6 Å². The van der Waals surface area contributed by atoms with Gasteiger partial charge in [-0.05, 0) is 49.6 Å². The summed E-state index contributed by atoms with van der Waals surface area (Å²) in [5, 5.41) is 2.92. The van der Waals surface area contributed by atoms with Gasteiger partial charge in [0.05, 0.1) is 12.0 Å². The van der Waals surface area contributed by atoms with Crippen LogP contribution < -0.4 is 10.1 Å². The number of hydrogen-bond donors (Lipinski definition) is 1. The Morgan fingerprint density at radius 3 is 2.77 bits per heavy atom. The molecule has 0 aliphatic carbocycles. The predicted molar refractivity (Wildman–Crippen MR) is 115 cm³/mol. The van der Waals surface area contributed by atoms with E-state index in [1.807, 2.05) is 24.3 Å². The Morgan fingerprint density at radius 1 is 1.19 bits per heavy atom. The van der Waals surface area contributed by atoms with Crippen LogP contribution in [0.3, 0.4) is 0 Å². The molecule has 1 fully saturated rings. The molecule has 1 N–H and O–H groups in total. The van der Waals surface area contributed by atoms with E-state index in [1.54, 1.807) is 36.4 Å². The van der Waals surface area contributed by atoms with Crippen LogP contribution in [-0.4, -0.2) is 52.2 Å². The Labute approximate surface area is 181 Å². The van der Waals surface area contributed by atoms with Gasteiger partial charge in [-0.1, -0.05) is 12.1 Å². The lowest BCUT2D eigenvalue weighted by Gasteiger charge is -2.37. The molecule has 1 aromatic heterocycles. The number of ether oxygens (including phenoxy) is 1. The number of amides is 2. The van der Waals surface area contributed by atoms with E-state index in [0.717, 1.165) is 5.56 Å². The molecule has 162 valence electrons. The highest BCUT2D eigenvalue weighted by Crippen LogP contribution is 2.39. The number of hydrogen-bond acceptors (Lipinski definition) is 5. The third kappa shape index (κ3) is 4.60. The smallest absolute Gasteiger partial charge is 0.242 e. The average Bonchev–Trinajstić information content (AvgIpc) is 2.93. The highest BCUT2D eigenvalue weighted by atomic mass is 16.5. The number of para-hydroxylation sites is 1. The number of aromatic nitrogens is 1. The molecule has 7 nitrogen and oxygen atoms in total. The molecular formula is C24H27N3O4. The van der Waals surface area contributed by atoms with E-state index in [2.05, 4.69) is 10.3 Å². The quantitative estimate of drug-likeness (QED) is 0.802. The first-order valence-electron chi connectivity index (χ1n) is 10.7. The van der Waals surface area contributed by atoms with Crippen molar-refractivity contribution < 1.29 is 19.1 Å². The number of likely N-dealkylation sites (tertiary alicyclic amines) is 1. The molecule has 0 radical (unpaired) electrons. The molecule has 3 heterocycles. The van der Waals surface area contributed by atoms with Gasteiger partial charge in [0, 0.05) is 38.3 Å². The van der Waals surface area contributed by atoms with Crippen LogP contribution in [0.4, 0.5) is 0 Å². The van der Waals surface area contributed by atoms with Crippen molar-refractivity contribution in [1.29, 1.82) is 0 Å². The van der Waals surface area contributed by atoms with Gasteiger partial charge in [-0.15, -0.1) is 0 Å². The van der Waals surface area contributed by atoms with E-state index < -0.39 is 11.6 Å². The average molecular weight is 421 g/mol. The monoisotopic (exact) mass is 421 g/mol. The number of Topliss-reactive ketones (excluding diaryl/α,β-unsaturated/α-hetero) is 1. The molecule has 2 aliphatic rings. The third-order valence-electron chi connectivity index (χ3n) is 6.23. The maximum Gasteiger partial charge on any atom is 0.242 e. The highest BCUT2D eigenvalue weighted by molar-refractivity contribution is 6.00. The molecule has 0 bridgehead atoms. The largest absolute Gasteiger partial charge is 0.486 e. The number of nitrogens with zero attached hydrogens (tertiary/aromatic N) is 2. The number of carbonyl (C=O) groups is 3. The lowest BCUT2D eigenvalue weighted by atomic mass is 9.84. The SMILES string of the molecule is C[C@H](C(=O)NCCc1ccncc1)N1CC[C@]2(CCC1=O)CC(=O)c1ccccc1O2. The molecular weight excluding hydrogens is 394 g/mol. The Bertz CT molecular complexity index is 978. The van der Waals surface area contributed by atoms with Gasteiger partial charge in [0.15, 0.2) is 5.78 Å². The maximum atomic E-state index is 12.8. The van der Waals surface area contributed by atoms with Crippen molar-refractivity contribution in [2.24, 2.45) is 0 Å². The van der Waals surface area contributed by atoms with E-state index in [0.29, 0.717) is 43.7 Å². The van der Waals surface area contributed by atoms with Crippen LogP contribution in [-0.2, 0) is 16.0 Å². The van der Waals surface area contributed by atoms with Crippen molar-refractivity contribution in [3.05, 3.63) is 59.9 Å². The third-order valence-corrected chi connectivity index (χ3v) is 6.23. The Hall–Kier alpha value is -3.22. The number of pyridine rings is 1. The number of benzene rings is 1. The van der Waals surface area contributed by atoms with E-state index in [9.17, 15) is 14.4 Å². The fraction of sp³-hybridized carbons (Fsp3) is 0.417. The van der Waals surface area contributed by atoms with Gasteiger partial charge in [-0.2, -0.15) is 0 Å². The zero-order valence-corrected chi connectivity index (χ0v) is 17.7. The van der Waals surface area contributed by atoms with Gasteiger partial charge < -0.3 is 15.0 Å². The summed E-state index contributed by atoms with van der Waals surface area (Å²) in [7, 11) is 0. The normalized spacial score (nSPS) is 21.8. The van der Waals surface area contributed by atoms with E-state index in [1.165, 1.54) is 0 Å². The summed E-state index contributed by atoms with van der Waals surface area (Å²) in [6.07, 6.45) is 5.66. The summed E-state index contributed by atoms with van der Waals surface area (Å²) in [6, 6.07) is 10.5. The number of nitrogens with one attached hydrogen (secondary N) is 1. The number of ketones is 1. The first kappa shape index (κ1) is 21.0. The zero-order chi connectivity index (χ0) is 21.8.